The summed E-state index contributed by atoms with van der Waals surface area (Å²) in [7, 11) is -0.387. The number of ether oxygens (including phenoxy) is 1. The third kappa shape index (κ3) is 4.45. The molecule has 2 aromatic rings. The van der Waals surface area contributed by atoms with Gasteiger partial charge in [0.05, 0.1) is 31.8 Å². The lowest BCUT2D eigenvalue weighted by Crippen LogP contribution is -2.40. The molecule has 0 radical (unpaired) electrons. The van der Waals surface area contributed by atoms with Crippen molar-refractivity contribution >= 4 is 19.8 Å². The Labute approximate surface area is 191 Å². The molecule has 2 aliphatic rings. The summed E-state index contributed by atoms with van der Waals surface area (Å²) in [6, 6.07) is 2.12. The van der Waals surface area contributed by atoms with Crippen LogP contribution in [0.5, 0.6) is 6.01 Å². The van der Waals surface area contributed by atoms with Crippen LogP contribution in [0.15, 0.2) is 24.7 Å². The molecule has 4 heterocycles. The van der Waals surface area contributed by atoms with Crippen LogP contribution in [0.2, 0.25) is 18.1 Å². The lowest BCUT2D eigenvalue weighted by molar-refractivity contribution is 0.271. The zero-order valence-electron chi connectivity index (χ0n) is 19.9. The standard InChI is InChI=1S/C23H34FN5O2Si/c1-23(2,3)32(5,6)31-15-16-7-8-25-21(20(16)24)29-13-17-11-28(12-18(17)14-29)19-9-26-22(30-4)27-10-19/h7-10,17-18H,11-15H2,1-6H3. The lowest BCUT2D eigenvalue weighted by atomic mass is 10.0. The van der Waals surface area contributed by atoms with Gasteiger partial charge in [0.2, 0.25) is 0 Å². The first-order chi connectivity index (χ1) is 15.1. The zero-order valence-corrected chi connectivity index (χ0v) is 20.9. The largest absolute Gasteiger partial charge is 0.467 e. The molecule has 174 valence electrons. The van der Waals surface area contributed by atoms with E-state index >= 15 is 4.39 Å². The number of hydrogen-bond acceptors (Lipinski definition) is 7. The van der Waals surface area contributed by atoms with Gasteiger partial charge in [0.15, 0.2) is 20.0 Å². The normalized spacial score (nSPS) is 21.2. The van der Waals surface area contributed by atoms with E-state index in [0.29, 0.717) is 35.8 Å². The van der Waals surface area contributed by atoms with E-state index in [4.69, 9.17) is 9.16 Å². The Morgan fingerprint density at radius 2 is 1.62 bits per heavy atom. The van der Waals surface area contributed by atoms with Crippen LogP contribution >= 0.6 is 0 Å². The van der Waals surface area contributed by atoms with Crippen LogP contribution in [0.4, 0.5) is 15.9 Å². The van der Waals surface area contributed by atoms with Crippen LogP contribution < -0.4 is 14.5 Å². The second-order valence-electron chi connectivity index (χ2n) is 10.4. The predicted molar refractivity (Wildman–Crippen MR) is 126 cm³/mol. The first-order valence-electron chi connectivity index (χ1n) is 11.2. The smallest absolute Gasteiger partial charge is 0.316 e. The number of pyridine rings is 1. The second kappa shape index (κ2) is 8.59. The molecule has 32 heavy (non-hydrogen) atoms. The summed E-state index contributed by atoms with van der Waals surface area (Å²) in [5.74, 6) is 1.14. The third-order valence-electron chi connectivity index (χ3n) is 7.29. The highest BCUT2D eigenvalue weighted by atomic mass is 28.4. The summed E-state index contributed by atoms with van der Waals surface area (Å²) < 4.78 is 26.7. The van der Waals surface area contributed by atoms with E-state index in [2.05, 4.69) is 58.6 Å². The van der Waals surface area contributed by atoms with Gasteiger partial charge in [-0.25, -0.2) is 19.3 Å². The monoisotopic (exact) mass is 459 g/mol. The molecule has 2 unspecified atom stereocenters. The van der Waals surface area contributed by atoms with E-state index in [9.17, 15) is 0 Å². The molecule has 0 bridgehead atoms. The molecule has 7 nitrogen and oxygen atoms in total. The Bertz CT molecular complexity index is 936. The van der Waals surface area contributed by atoms with E-state index in [1.165, 1.54) is 0 Å². The molecular weight excluding hydrogens is 425 g/mol. The van der Waals surface area contributed by atoms with E-state index in [-0.39, 0.29) is 10.9 Å². The molecule has 0 spiro atoms. The molecule has 0 aliphatic carbocycles. The Morgan fingerprint density at radius 1 is 1.03 bits per heavy atom. The van der Waals surface area contributed by atoms with Crippen molar-refractivity contribution in [2.75, 3.05) is 43.1 Å². The molecule has 2 aromatic heterocycles. The number of anilines is 2. The molecule has 2 aliphatic heterocycles. The highest BCUT2D eigenvalue weighted by Gasteiger charge is 2.42. The minimum Gasteiger partial charge on any atom is -0.467 e. The summed E-state index contributed by atoms with van der Waals surface area (Å²) in [5.41, 5.74) is 1.59. The van der Waals surface area contributed by atoms with Crippen molar-refractivity contribution in [3.05, 3.63) is 36.0 Å². The molecule has 0 amide bonds. The second-order valence-corrected chi connectivity index (χ2v) is 15.2. The van der Waals surface area contributed by atoms with Gasteiger partial charge in [0.25, 0.3) is 0 Å². The van der Waals surface area contributed by atoms with Crippen molar-refractivity contribution in [3.8, 4) is 6.01 Å². The van der Waals surface area contributed by atoms with Gasteiger partial charge in [0, 0.05) is 49.8 Å². The molecule has 2 fully saturated rings. The van der Waals surface area contributed by atoms with Crippen LogP contribution in [0.1, 0.15) is 26.3 Å². The van der Waals surface area contributed by atoms with Crippen molar-refractivity contribution in [1.29, 1.82) is 0 Å². The van der Waals surface area contributed by atoms with Gasteiger partial charge in [-0.05, 0) is 24.2 Å². The maximum atomic E-state index is 15.4. The van der Waals surface area contributed by atoms with Crippen LogP contribution in [0.25, 0.3) is 0 Å². The molecule has 2 atom stereocenters. The third-order valence-corrected chi connectivity index (χ3v) is 11.8. The fourth-order valence-electron chi connectivity index (χ4n) is 4.23. The maximum Gasteiger partial charge on any atom is 0.316 e. The average molecular weight is 460 g/mol. The molecule has 4 rings (SSSR count). The minimum absolute atomic E-state index is 0.0898. The molecule has 2 saturated heterocycles. The molecular formula is C23H34FN5O2Si. The summed E-state index contributed by atoms with van der Waals surface area (Å²) >= 11 is 0. The molecule has 0 saturated carbocycles. The molecule has 0 aromatic carbocycles. The first kappa shape index (κ1) is 22.9. The highest BCUT2D eigenvalue weighted by molar-refractivity contribution is 6.74. The van der Waals surface area contributed by atoms with Crippen LogP contribution in [0.3, 0.4) is 0 Å². The summed E-state index contributed by atoms with van der Waals surface area (Å²) in [4.78, 5) is 17.2. The molecule has 9 heteroatoms. The SMILES string of the molecule is COc1ncc(N2CC3CN(c4nccc(CO[Si](C)(C)C(C)(C)C)c4F)CC3C2)cn1. The van der Waals surface area contributed by atoms with Gasteiger partial charge in [-0.1, -0.05) is 20.8 Å². The Balaban J connectivity index is 1.41. The quantitative estimate of drug-likeness (QED) is 0.602. The Hall–Kier alpha value is -2.26. The first-order valence-corrected chi connectivity index (χ1v) is 14.1. The molecule has 0 N–H and O–H groups in total. The fraction of sp³-hybridized carbons (Fsp3) is 0.609. The number of nitrogens with zero attached hydrogens (tertiary/aromatic N) is 5. The number of rotatable bonds is 6. The van der Waals surface area contributed by atoms with Crippen molar-refractivity contribution < 1.29 is 13.6 Å². The van der Waals surface area contributed by atoms with E-state index in [1.54, 1.807) is 31.8 Å². The van der Waals surface area contributed by atoms with Gasteiger partial charge >= 0.3 is 6.01 Å². The summed E-state index contributed by atoms with van der Waals surface area (Å²) in [6.07, 6.45) is 5.31. The topological polar surface area (TPSA) is 63.6 Å². The van der Waals surface area contributed by atoms with Crippen molar-refractivity contribution in [3.63, 3.8) is 0 Å². The Morgan fingerprint density at radius 3 is 2.19 bits per heavy atom. The number of fused-ring (bicyclic) bond motifs is 1. The van der Waals surface area contributed by atoms with Gasteiger partial charge < -0.3 is 19.0 Å². The number of halogens is 1. The van der Waals surface area contributed by atoms with Crippen LogP contribution in [0, 0.1) is 17.7 Å². The minimum atomic E-state index is -1.95. The fourth-order valence-corrected chi connectivity index (χ4v) is 5.18. The van der Waals surface area contributed by atoms with E-state index in [1.807, 2.05) is 0 Å². The lowest BCUT2D eigenvalue weighted by Gasteiger charge is -2.36. The van der Waals surface area contributed by atoms with Crippen molar-refractivity contribution in [2.24, 2.45) is 11.8 Å². The van der Waals surface area contributed by atoms with Crippen molar-refractivity contribution in [1.82, 2.24) is 15.0 Å². The zero-order chi connectivity index (χ0) is 23.1. The van der Waals surface area contributed by atoms with E-state index in [0.717, 1.165) is 31.9 Å². The van der Waals surface area contributed by atoms with Gasteiger partial charge in [-0.3, -0.25) is 0 Å². The van der Waals surface area contributed by atoms with Crippen LogP contribution in [-0.4, -0.2) is 56.6 Å². The predicted octanol–water partition coefficient (Wildman–Crippen LogP) is 4.11. The van der Waals surface area contributed by atoms with Crippen LogP contribution in [-0.2, 0) is 11.0 Å². The summed E-state index contributed by atoms with van der Waals surface area (Å²) in [6.45, 7) is 14.7. The van der Waals surface area contributed by atoms with Crippen molar-refractivity contribution in [2.45, 2.75) is 45.5 Å². The number of methoxy groups -OCH3 is 1. The van der Waals surface area contributed by atoms with Gasteiger partial charge in [-0.15, -0.1) is 0 Å². The summed E-state index contributed by atoms with van der Waals surface area (Å²) in [5, 5.41) is 0.0898. The van der Waals surface area contributed by atoms with Gasteiger partial charge in [-0.2, -0.15) is 0 Å². The number of aromatic nitrogens is 3. The highest BCUT2D eigenvalue weighted by Crippen LogP contribution is 2.38. The number of hydrogen-bond donors (Lipinski definition) is 0. The van der Waals surface area contributed by atoms with Gasteiger partial charge in [0.1, 0.15) is 0 Å². The van der Waals surface area contributed by atoms with E-state index < -0.39 is 8.32 Å². The maximum absolute atomic E-state index is 15.4. The average Bonchev–Trinajstić information content (AvgIpc) is 3.31. The Kier molecular flexibility index (Phi) is 6.15.